The third-order valence-corrected chi connectivity index (χ3v) is 4.70. The summed E-state index contributed by atoms with van der Waals surface area (Å²) in [6.07, 6.45) is 3.44. The monoisotopic (exact) mass is 333 g/mol. The van der Waals surface area contributed by atoms with E-state index in [1.54, 1.807) is 0 Å². The number of hydrogen-bond acceptors (Lipinski definition) is 2. The average molecular weight is 335 g/mol. The highest BCUT2D eigenvalue weighted by Gasteiger charge is 2.21. The zero-order valence-corrected chi connectivity index (χ0v) is 13.5. The predicted octanol–water partition coefficient (Wildman–Crippen LogP) is 3.48. The van der Waals surface area contributed by atoms with Crippen LogP contribution in [0, 0.1) is 0 Å². The minimum Gasteiger partial charge on any atom is -0.296 e. The Bertz CT molecular complexity index is 405. The second-order valence-corrected chi connectivity index (χ2v) is 6.52. The Morgan fingerprint density at radius 1 is 1.44 bits per heavy atom. The van der Waals surface area contributed by atoms with Crippen LogP contribution in [-0.4, -0.2) is 32.6 Å². The van der Waals surface area contributed by atoms with Gasteiger partial charge in [-0.2, -0.15) is 5.10 Å². The molecule has 1 atom stereocenters. The first kappa shape index (κ1) is 14.4. The fraction of sp³-hybridized carbons (Fsp3) is 0.769. The molecule has 102 valence electrons. The lowest BCUT2D eigenvalue weighted by molar-refractivity contribution is 0.221. The highest BCUT2D eigenvalue weighted by molar-refractivity contribution is 9.09. The summed E-state index contributed by atoms with van der Waals surface area (Å²) in [5.74, 6) is 0. The second-order valence-electron chi connectivity index (χ2n) is 4.85. The Labute approximate surface area is 123 Å². The summed E-state index contributed by atoms with van der Waals surface area (Å²) in [6.45, 7) is 8.30. The average Bonchev–Trinajstić information content (AvgIpc) is 2.66. The summed E-state index contributed by atoms with van der Waals surface area (Å²) >= 11 is 10.2. The van der Waals surface area contributed by atoms with Gasteiger partial charge < -0.3 is 0 Å². The van der Waals surface area contributed by atoms with E-state index < -0.39 is 0 Å². The Hall–Kier alpha value is -0.0600. The molecule has 2 heterocycles. The van der Waals surface area contributed by atoms with Gasteiger partial charge in [-0.3, -0.25) is 9.58 Å². The van der Waals surface area contributed by atoms with Crippen molar-refractivity contribution in [1.29, 1.82) is 0 Å². The van der Waals surface area contributed by atoms with Crippen LogP contribution in [0.1, 0.15) is 38.1 Å². The molecule has 1 saturated heterocycles. The summed E-state index contributed by atoms with van der Waals surface area (Å²) in [6, 6.07) is 0. The van der Waals surface area contributed by atoms with Crippen molar-refractivity contribution in [2.75, 3.05) is 13.1 Å². The summed E-state index contributed by atoms with van der Waals surface area (Å²) in [5, 5.41) is 5.45. The van der Waals surface area contributed by atoms with Gasteiger partial charge in [0.15, 0.2) is 0 Å². The quantitative estimate of drug-likeness (QED) is 0.786. The van der Waals surface area contributed by atoms with Crippen LogP contribution in [0.25, 0.3) is 0 Å². The lowest BCUT2D eigenvalue weighted by Crippen LogP contribution is -2.35. The molecule has 0 aromatic carbocycles. The first-order valence-corrected chi connectivity index (χ1v) is 8.05. The molecule has 2 rings (SSSR count). The zero-order valence-electron chi connectivity index (χ0n) is 11.1. The Kier molecular flexibility index (Phi) is 5.10. The van der Waals surface area contributed by atoms with E-state index in [-0.39, 0.29) is 0 Å². The van der Waals surface area contributed by atoms with E-state index in [9.17, 15) is 0 Å². The minimum absolute atomic E-state index is 0.619. The van der Waals surface area contributed by atoms with Crippen molar-refractivity contribution in [1.82, 2.24) is 14.7 Å². The third kappa shape index (κ3) is 3.09. The maximum absolute atomic E-state index is 6.44. The highest BCUT2D eigenvalue weighted by atomic mass is 79.9. The van der Waals surface area contributed by atoms with E-state index in [2.05, 4.69) is 44.5 Å². The molecule has 1 aliphatic heterocycles. The van der Waals surface area contributed by atoms with Gasteiger partial charge in [0.1, 0.15) is 0 Å². The molecule has 18 heavy (non-hydrogen) atoms. The lowest BCUT2D eigenvalue weighted by atomic mass is 10.1. The van der Waals surface area contributed by atoms with Crippen LogP contribution < -0.4 is 0 Å². The van der Waals surface area contributed by atoms with E-state index in [0.29, 0.717) is 4.83 Å². The second kappa shape index (κ2) is 6.40. The molecule has 1 aromatic rings. The smallest absolute Gasteiger partial charge is 0.0863 e. The highest BCUT2D eigenvalue weighted by Crippen LogP contribution is 2.25. The minimum atomic E-state index is 0.619. The van der Waals surface area contributed by atoms with Crippen LogP contribution >= 0.6 is 27.5 Å². The Morgan fingerprint density at radius 2 is 2.22 bits per heavy atom. The van der Waals surface area contributed by atoms with E-state index >= 15 is 0 Å². The van der Waals surface area contributed by atoms with Crippen molar-refractivity contribution in [3.8, 4) is 0 Å². The Morgan fingerprint density at radius 3 is 2.83 bits per heavy atom. The molecule has 0 bridgehead atoms. The number of hydrogen-bond donors (Lipinski definition) is 0. The molecule has 1 aromatic heterocycles. The molecule has 1 aliphatic rings. The van der Waals surface area contributed by atoms with Crippen molar-refractivity contribution in [2.45, 2.75) is 51.0 Å². The van der Waals surface area contributed by atoms with Crippen LogP contribution in [0.15, 0.2) is 0 Å². The fourth-order valence-corrected chi connectivity index (χ4v) is 3.58. The van der Waals surface area contributed by atoms with E-state index in [1.807, 2.05) is 0 Å². The van der Waals surface area contributed by atoms with Gasteiger partial charge >= 0.3 is 0 Å². The predicted molar refractivity (Wildman–Crippen MR) is 79.5 cm³/mol. The largest absolute Gasteiger partial charge is 0.296 e. The number of halogens is 2. The van der Waals surface area contributed by atoms with Crippen LogP contribution in [0.3, 0.4) is 0 Å². The maximum atomic E-state index is 6.44. The first-order chi connectivity index (χ1) is 8.65. The fourth-order valence-electron chi connectivity index (χ4n) is 2.52. The maximum Gasteiger partial charge on any atom is 0.0863 e. The van der Waals surface area contributed by atoms with Gasteiger partial charge in [-0.1, -0.05) is 34.5 Å². The van der Waals surface area contributed by atoms with Gasteiger partial charge in [0.2, 0.25) is 0 Å². The molecule has 1 unspecified atom stereocenters. The Balaban J connectivity index is 2.14. The van der Waals surface area contributed by atoms with Gasteiger partial charge in [0.05, 0.1) is 16.4 Å². The summed E-state index contributed by atoms with van der Waals surface area (Å²) in [4.78, 5) is 3.09. The van der Waals surface area contributed by atoms with Gasteiger partial charge in [0, 0.05) is 24.5 Å². The van der Waals surface area contributed by atoms with Crippen molar-refractivity contribution in [2.24, 2.45) is 0 Å². The molecule has 3 nitrogen and oxygen atoms in total. The molecule has 0 aliphatic carbocycles. The molecule has 5 heteroatoms. The van der Waals surface area contributed by atoms with Crippen molar-refractivity contribution in [3.63, 3.8) is 0 Å². The SMILES string of the molecule is CCc1nn(CC)c(CN2CCCC(Br)C2)c1Cl. The van der Waals surface area contributed by atoms with Crippen molar-refractivity contribution >= 4 is 27.5 Å². The standard InChI is InChI=1S/C13H21BrClN3/c1-3-11-13(15)12(18(4-2)16-11)9-17-7-5-6-10(14)8-17/h10H,3-9H2,1-2H3. The van der Waals surface area contributed by atoms with Gasteiger partial charge in [0.25, 0.3) is 0 Å². The van der Waals surface area contributed by atoms with Crippen molar-refractivity contribution in [3.05, 3.63) is 16.4 Å². The normalized spacial score (nSPS) is 21.4. The van der Waals surface area contributed by atoms with E-state index in [0.717, 1.165) is 43.3 Å². The number of alkyl halides is 1. The van der Waals surface area contributed by atoms with E-state index in [4.69, 9.17) is 11.6 Å². The molecule has 0 amide bonds. The molecule has 0 radical (unpaired) electrons. The molecule has 0 spiro atoms. The first-order valence-electron chi connectivity index (χ1n) is 6.76. The van der Waals surface area contributed by atoms with Crippen molar-refractivity contribution < 1.29 is 0 Å². The summed E-state index contributed by atoms with van der Waals surface area (Å²) in [7, 11) is 0. The van der Waals surface area contributed by atoms with Gasteiger partial charge in [-0.05, 0) is 32.7 Å². The number of likely N-dealkylation sites (tertiary alicyclic amines) is 1. The third-order valence-electron chi connectivity index (χ3n) is 3.52. The van der Waals surface area contributed by atoms with Crippen LogP contribution in [0.5, 0.6) is 0 Å². The number of piperidine rings is 1. The van der Waals surface area contributed by atoms with Gasteiger partial charge in [-0.25, -0.2) is 0 Å². The lowest BCUT2D eigenvalue weighted by Gasteiger charge is -2.30. The number of aromatic nitrogens is 2. The zero-order chi connectivity index (χ0) is 13.1. The number of nitrogens with zero attached hydrogens (tertiary/aromatic N) is 3. The van der Waals surface area contributed by atoms with Crippen LogP contribution in [0.2, 0.25) is 5.02 Å². The van der Waals surface area contributed by atoms with E-state index in [1.165, 1.54) is 18.5 Å². The number of aryl methyl sites for hydroxylation is 2. The van der Waals surface area contributed by atoms with Gasteiger partial charge in [-0.15, -0.1) is 0 Å². The summed E-state index contributed by atoms with van der Waals surface area (Å²) < 4.78 is 2.05. The summed E-state index contributed by atoms with van der Waals surface area (Å²) in [5.41, 5.74) is 2.21. The molecular weight excluding hydrogens is 314 g/mol. The van der Waals surface area contributed by atoms with Crippen LogP contribution in [-0.2, 0) is 19.5 Å². The number of rotatable bonds is 4. The topological polar surface area (TPSA) is 21.1 Å². The van der Waals surface area contributed by atoms with Crippen LogP contribution in [0.4, 0.5) is 0 Å². The molecule has 0 N–H and O–H groups in total. The molecule has 1 fully saturated rings. The molecular formula is C13H21BrClN3. The molecule has 0 saturated carbocycles.